The van der Waals surface area contributed by atoms with Gasteiger partial charge in [-0.1, -0.05) is 27.7 Å². The Kier molecular flexibility index (Phi) is 3.79. The van der Waals surface area contributed by atoms with Gasteiger partial charge in [-0.3, -0.25) is 0 Å². The van der Waals surface area contributed by atoms with Gasteiger partial charge in [0.15, 0.2) is 5.88 Å². The molecule has 94 valence electrons. The Labute approximate surface area is 129 Å². The smallest absolute Gasteiger partial charge is 0.169 e. The minimum atomic E-state index is 1.11. The van der Waals surface area contributed by atoms with Gasteiger partial charge in [-0.25, -0.2) is 0 Å². The lowest BCUT2D eigenvalue weighted by Gasteiger charge is -2.26. The van der Waals surface area contributed by atoms with Crippen LogP contribution in [0.2, 0.25) is 0 Å². The van der Waals surface area contributed by atoms with Gasteiger partial charge >= 0.3 is 0 Å². The van der Waals surface area contributed by atoms with Gasteiger partial charge in [0.2, 0.25) is 0 Å². The van der Waals surface area contributed by atoms with Gasteiger partial charge in [-0.2, -0.15) is 0 Å². The molecule has 2 aliphatic rings. The van der Waals surface area contributed by atoms with Crippen molar-refractivity contribution in [3.8, 4) is 0 Å². The second-order valence-electron chi connectivity index (χ2n) is 4.66. The summed E-state index contributed by atoms with van der Waals surface area (Å²) in [5.41, 5.74) is 3.96. The van der Waals surface area contributed by atoms with Crippen molar-refractivity contribution in [2.24, 2.45) is 0 Å². The molecule has 0 unspecified atom stereocenters. The minimum absolute atomic E-state index is 1.11. The predicted molar refractivity (Wildman–Crippen MR) is 85.4 cm³/mol. The monoisotopic (exact) mass is 385 g/mol. The molecule has 1 aromatic carbocycles. The van der Waals surface area contributed by atoms with Gasteiger partial charge in [-0.15, -0.1) is 0 Å². The van der Waals surface area contributed by atoms with Crippen molar-refractivity contribution in [2.75, 3.05) is 4.90 Å². The van der Waals surface area contributed by atoms with Crippen molar-refractivity contribution in [1.29, 1.82) is 0 Å². The number of halogens is 2. The first-order valence-electron chi connectivity index (χ1n) is 6.07. The van der Waals surface area contributed by atoms with Crippen LogP contribution < -0.4 is 4.90 Å². The molecule has 1 aromatic rings. The second-order valence-corrected chi connectivity index (χ2v) is 7.31. The maximum absolute atomic E-state index is 3.68. The Morgan fingerprint density at radius 3 is 2.78 bits per heavy atom. The highest BCUT2D eigenvalue weighted by Crippen LogP contribution is 2.48. The number of benzene rings is 1. The largest absolute Gasteiger partial charge is 0.321 e. The van der Waals surface area contributed by atoms with Gasteiger partial charge in [0, 0.05) is 19.5 Å². The molecule has 1 heterocycles. The van der Waals surface area contributed by atoms with E-state index < -0.39 is 0 Å². The SMILES string of the molecule is Cc1cc(Br)cc(Br)c1N1[C]SC2=C1CCCC2. The van der Waals surface area contributed by atoms with Crippen LogP contribution in [0.1, 0.15) is 31.2 Å². The van der Waals surface area contributed by atoms with E-state index in [0.717, 1.165) is 8.95 Å². The third-order valence-electron chi connectivity index (χ3n) is 3.36. The molecule has 0 saturated carbocycles. The summed E-state index contributed by atoms with van der Waals surface area (Å²) in [6, 6.07) is 4.27. The second kappa shape index (κ2) is 5.22. The maximum Gasteiger partial charge on any atom is 0.169 e. The summed E-state index contributed by atoms with van der Waals surface area (Å²) >= 11 is 8.99. The van der Waals surface area contributed by atoms with Crippen LogP contribution in [0.5, 0.6) is 0 Å². The summed E-state index contributed by atoms with van der Waals surface area (Å²) in [6.07, 6.45) is 5.01. The van der Waals surface area contributed by atoms with E-state index in [1.165, 1.54) is 47.5 Å². The average Bonchev–Trinajstić information content (AvgIpc) is 2.72. The molecule has 0 aromatic heterocycles. The number of rotatable bonds is 1. The van der Waals surface area contributed by atoms with Crippen LogP contribution in [-0.4, -0.2) is 0 Å². The van der Waals surface area contributed by atoms with Gasteiger partial charge in [-0.05, 0) is 66.2 Å². The highest BCUT2D eigenvalue weighted by Gasteiger charge is 2.29. The molecule has 0 fully saturated rings. The molecule has 0 saturated heterocycles. The Hall–Kier alpha value is 0.0700. The average molecular weight is 387 g/mol. The zero-order chi connectivity index (χ0) is 12.7. The summed E-state index contributed by atoms with van der Waals surface area (Å²) in [7, 11) is 0. The van der Waals surface area contributed by atoms with Crippen molar-refractivity contribution < 1.29 is 0 Å². The molecule has 0 bridgehead atoms. The van der Waals surface area contributed by atoms with E-state index in [9.17, 15) is 0 Å². The first-order valence-corrected chi connectivity index (χ1v) is 8.47. The van der Waals surface area contributed by atoms with Crippen LogP contribution >= 0.6 is 43.6 Å². The van der Waals surface area contributed by atoms with E-state index in [0.29, 0.717) is 0 Å². The van der Waals surface area contributed by atoms with E-state index in [1.807, 2.05) is 0 Å². The van der Waals surface area contributed by atoms with E-state index >= 15 is 0 Å². The Balaban J connectivity index is 2.04. The van der Waals surface area contributed by atoms with Crippen LogP contribution in [0.15, 0.2) is 31.7 Å². The van der Waals surface area contributed by atoms with Crippen LogP contribution in [-0.2, 0) is 0 Å². The summed E-state index contributed by atoms with van der Waals surface area (Å²) in [6.45, 7) is 2.15. The fraction of sp³-hybridized carbons (Fsp3) is 0.357. The highest BCUT2D eigenvalue weighted by atomic mass is 79.9. The highest BCUT2D eigenvalue weighted by molar-refractivity contribution is 9.11. The quantitative estimate of drug-likeness (QED) is 0.594. The third kappa shape index (κ3) is 2.27. The van der Waals surface area contributed by atoms with Crippen molar-refractivity contribution in [3.63, 3.8) is 0 Å². The molecule has 18 heavy (non-hydrogen) atoms. The van der Waals surface area contributed by atoms with Crippen molar-refractivity contribution >= 4 is 49.3 Å². The standard InChI is InChI=1S/C14H13Br2NS/c1-9-6-10(15)7-11(16)14(9)17-8-18-13-5-3-2-4-12(13)17/h6-7H,2-5H2,1H3. The Morgan fingerprint density at radius 1 is 1.22 bits per heavy atom. The minimum Gasteiger partial charge on any atom is -0.321 e. The lowest BCUT2D eigenvalue weighted by molar-refractivity contribution is 0.686. The van der Waals surface area contributed by atoms with Crippen molar-refractivity contribution in [2.45, 2.75) is 32.6 Å². The van der Waals surface area contributed by atoms with Gasteiger partial charge in [0.1, 0.15) is 0 Å². The maximum atomic E-state index is 3.68. The third-order valence-corrected chi connectivity index (χ3v) is 5.38. The first kappa shape index (κ1) is 13.1. The van der Waals surface area contributed by atoms with E-state index in [4.69, 9.17) is 0 Å². The van der Waals surface area contributed by atoms with Crippen molar-refractivity contribution in [3.05, 3.63) is 43.1 Å². The molecule has 4 heteroatoms. The van der Waals surface area contributed by atoms with Gasteiger partial charge < -0.3 is 4.90 Å². The van der Waals surface area contributed by atoms with Crippen LogP contribution in [0.25, 0.3) is 0 Å². The number of aryl methyl sites for hydroxylation is 1. The summed E-state index contributed by atoms with van der Waals surface area (Å²) in [5.74, 6) is 3.45. The lowest BCUT2D eigenvalue weighted by atomic mass is 10.0. The molecule has 1 aliphatic carbocycles. The normalized spacial score (nSPS) is 19.4. The Morgan fingerprint density at radius 2 is 2.00 bits per heavy atom. The predicted octanol–water partition coefficient (Wildman–Crippen LogP) is 5.86. The van der Waals surface area contributed by atoms with Crippen LogP contribution in [0.3, 0.4) is 0 Å². The molecular weight excluding hydrogens is 374 g/mol. The number of anilines is 1. The summed E-state index contributed by atoms with van der Waals surface area (Å²) in [5, 5.41) is 0. The van der Waals surface area contributed by atoms with Crippen LogP contribution in [0.4, 0.5) is 5.69 Å². The molecule has 1 nitrogen and oxygen atoms in total. The number of thioether (sulfide) groups is 1. The fourth-order valence-electron chi connectivity index (χ4n) is 2.52. The molecule has 3 rings (SSSR count). The topological polar surface area (TPSA) is 3.24 Å². The molecule has 2 radical (unpaired) electrons. The fourth-order valence-corrected chi connectivity index (χ4v) is 5.10. The molecule has 0 N–H and O–H groups in total. The molecule has 0 amide bonds. The van der Waals surface area contributed by atoms with Crippen molar-refractivity contribution in [1.82, 2.24) is 0 Å². The summed E-state index contributed by atoms with van der Waals surface area (Å²) in [4.78, 5) is 3.76. The first-order chi connectivity index (χ1) is 8.66. The molecular formula is C14H13Br2NS. The summed E-state index contributed by atoms with van der Waals surface area (Å²) < 4.78 is 2.24. The van der Waals surface area contributed by atoms with Gasteiger partial charge in [0.05, 0.1) is 5.69 Å². The number of allylic oxidation sites excluding steroid dienone is 2. The van der Waals surface area contributed by atoms with Crippen LogP contribution in [0, 0.1) is 12.8 Å². The molecule has 1 aliphatic heterocycles. The number of hydrogen-bond acceptors (Lipinski definition) is 2. The zero-order valence-corrected chi connectivity index (χ0v) is 14.1. The van der Waals surface area contributed by atoms with Gasteiger partial charge in [0.25, 0.3) is 0 Å². The zero-order valence-electron chi connectivity index (χ0n) is 10.1. The molecule has 0 atom stereocenters. The van der Waals surface area contributed by atoms with E-state index in [2.05, 4.69) is 61.7 Å². The number of nitrogens with zero attached hydrogens (tertiary/aromatic N) is 1. The van der Waals surface area contributed by atoms with E-state index in [1.54, 1.807) is 11.8 Å². The van der Waals surface area contributed by atoms with E-state index in [-0.39, 0.29) is 0 Å². The lowest BCUT2D eigenvalue weighted by Crippen LogP contribution is -2.17. The Bertz CT molecular complexity index is 502. The number of hydrogen-bond donors (Lipinski definition) is 0. The molecule has 0 spiro atoms.